The minimum atomic E-state index is -4.27. The fourth-order valence-corrected chi connectivity index (χ4v) is 3.75. The van der Waals surface area contributed by atoms with Crippen molar-refractivity contribution in [3.63, 3.8) is 0 Å². The minimum absolute atomic E-state index is 0.410. The van der Waals surface area contributed by atoms with Gasteiger partial charge in [0.15, 0.2) is 9.90 Å². The summed E-state index contributed by atoms with van der Waals surface area (Å²) < 4.78 is 30.2. The molecule has 0 fully saturated rings. The summed E-state index contributed by atoms with van der Waals surface area (Å²) >= 11 is 0.665. The van der Waals surface area contributed by atoms with Gasteiger partial charge in [0.1, 0.15) is 5.54 Å². The number of nitrogens with zero attached hydrogens (tertiary/aromatic N) is 1. The Kier molecular flexibility index (Phi) is 5.56. The number of aliphatic hydroxyl groups is 3. The average Bonchev–Trinajstić information content (AvgIpc) is 2.94. The Bertz CT molecular complexity index is 556. The molecule has 0 saturated carbocycles. The number of carbonyl (C=O) groups is 1. The van der Waals surface area contributed by atoms with Gasteiger partial charge in [0.25, 0.3) is 10.0 Å². The van der Waals surface area contributed by atoms with E-state index >= 15 is 0 Å². The van der Waals surface area contributed by atoms with E-state index in [0.717, 1.165) is 12.6 Å². The Morgan fingerprint density at radius 3 is 2.40 bits per heavy atom. The Balaban J connectivity index is 3.18. The lowest BCUT2D eigenvalue weighted by Crippen LogP contribution is -2.56. The van der Waals surface area contributed by atoms with Crippen molar-refractivity contribution in [2.45, 2.75) is 9.75 Å². The van der Waals surface area contributed by atoms with E-state index < -0.39 is 51.3 Å². The van der Waals surface area contributed by atoms with Gasteiger partial charge in [-0.25, -0.2) is 18.2 Å². The highest BCUT2D eigenvalue weighted by Gasteiger charge is 2.36. The van der Waals surface area contributed by atoms with Crippen LogP contribution in [-0.2, 0) is 14.8 Å². The van der Waals surface area contributed by atoms with Gasteiger partial charge in [-0.15, -0.1) is 11.3 Å². The van der Waals surface area contributed by atoms with Gasteiger partial charge in [-0.2, -0.15) is 4.72 Å². The molecule has 1 aromatic heterocycles. The summed E-state index contributed by atoms with van der Waals surface area (Å²) in [7, 11) is -3.20. The summed E-state index contributed by atoms with van der Waals surface area (Å²) in [6.45, 7) is -2.48. The van der Waals surface area contributed by atoms with Gasteiger partial charge in [0.2, 0.25) is 0 Å². The van der Waals surface area contributed by atoms with E-state index in [1.54, 1.807) is 0 Å². The van der Waals surface area contributed by atoms with Crippen molar-refractivity contribution in [1.82, 2.24) is 9.71 Å². The number of hydrogen-bond donors (Lipinski definition) is 4. The molecule has 1 rings (SSSR count). The summed E-state index contributed by atoms with van der Waals surface area (Å²) in [5.41, 5.74) is -1.11. The van der Waals surface area contributed by atoms with Crippen LogP contribution in [0, 0.1) is 0 Å². The zero-order chi connectivity index (χ0) is 15.4. The van der Waals surface area contributed by atoms with Crippen molar-refractivity contribution < 1.29 is 33.3 Å². The van der Waals surface area contributed by atoms with Crippen molar-refractivity contribution >= 4 is 27.3 Å². The third kappa shape index (κ3) is 3.31. The molecule has 20 heavy (non-hydrogen) atoms. The van der Waals surface area contributed by atoms with E-state index in [4.69, 9.17) is 15.3 Å². The van der Waals surface area contributed by atoms with E-state index in [1.165, 1.54) is 0 Å². The molecule has 1 aromatic rings. The first-order valence-corrected chi connectivity index (χ1v) is 7.60. The smallest absolute Gasteiger partial charge is 0.358 e. The van der Waals surface area contributed by atoms with Crippen LogP contribution in [0.3, 0.4) is 0 Å². The van der Waals surface area contributed by atoms with Crippen LogP contribution in [-0.4, -0.2) is 67.2 Å². The van der Waals surface area contributed by atoms with Crippen LogP contribution < -0.4 is 4.72 Å². The number of sulfonamides is 1. The summed E-state index contributed by atoms with van der Waals surface area (Å²) in [5.74, 6) is -0.936. The standard InChI is InChI=1S/C9H14N2O7S2/c1-18-7(15)6-8(19-5-10-6)20(16,17)11-9(2-12,3-13)4-14/h5,11-14H,2-4H2,1H3. The van der Waals surface area contributed by atoms with Gasteiger partial charge < -0.3 is 20.1 Å². The molecule has 0 unspecified atom stereocenters. The largest absolute Gasteiger partial charge is 0.464 e. The molecule has 4 N–H and O–H groups in total. The molecule has 0 aliphatic rings. The molecule has 0 saturated heterocycles. The lowest BCUT2D eigenvalue weighted by atomic mass is 10.1. The van der Waals surface area contributed by atoms with Crippen LogP contribution in [0.1, 0.15) is 10.5 Å². The molecule has 11 heteroatoms. The number of esters is 1. The molecule has 9 nitrogen and oxygen atoms in total. The molecule has 0 spiro atoms. The predicted molar refractivity (Wildman–Crippen MR) is 67.8 cm³/mol. The third-order valence-electron chi connectivity index (χ3n) is 2.42. The molecule has 0 atom stereocenters. The second-order valence-electron chi connectivity index (χ2n) is 3.84. The maximum absolute atomic E-state index is 12.1. The van der Waals surface area contributed by atoms with Crippen molar-refractivity contribution in [2.24, 2.45) is 0 Å². The monoisotopic (exact) mass is 326 g/mol. The molecule has 0 radical (unpaired) electrons. The van der Waals surface area contributed by atoms with E-state index in [2.05, 4.69) is 9.72 Å². The highest BCUT2D eigenvalue weighted by atomic mass is 32.2. The van der Waals surface area contributed by atoms with Crippen LogP contribution in [0.5, 0.6) is 0 Å². The summed E-state index contributed by atoms with van der Waals surface area (Å²) in [6, 6.07) is 0. The minimum Gasteiger partial charge on any atom is -0.464 e. The van der Waals surface area contributed by atoms with E-state index in [0.29, 0.717) is 11.3 Å². The molecule has 0 bridgehead atoms. The van der Waals surface area contributed by atoms with Crippen molar-refractivity contribution in [3.8, 4) is 0 Å². The lowest BCUT2D eigenvalue weighted by Gasteiger charge is -2.27. The number of aromatic nitrogens is 1. The SMILES string of the molecule is COC(=O)c1ncsc1S(=O)(=O)NC(CO)(CO)CO. The number of thiazole rings is 1. The Hall–Kier alpha value is -1.11. The van der Waals surface area contributed by atoms with Crippen LogP contribution in [0.15, 0.2) is 9.72 Å². The molecule has 0 aliphatic carbocycles. The van der Waals surface area contributed by atoms with Crippen LogP contribution in [0.25, 0.3) is 0 Å². The molecular weight excluding hydrogens is 312 g/mol. The highest BCUT2D eigenvalue weighted by Crippen LogP contribution is 2.22. The third-order valence-corrected chi connectivity index (χ3v) is 5.36. The first-order chi connectivity index (χ1) is 9.35. The van der Waals surface area contributed by atoms with Gasteiger partial charge in [-0.05, 0) is 0 Å². The van der Waals surface area contributed by atoms with Gasteiger partial charge in [0.05, 0.1) is 32.4 Å². The second-order valence-corrected chi connectivity index (χ2v) is 6.57. The number of carbonyl (C=O) groups excluding carboxylic acids is 1. The number of rotatable bonds is 7. The highest BCUT2D eigenvalue weighted by molar-refractivity contribution is 7.91. The van der Waals surface area contributed by atoms with Crippen LogP contribution in [0.2, 0.25) is 0 Å². The van der Waals surface area contributed by atoms with E-state index in [1.807, 2.05) is 4.72 Å². The van der Waals surface area contributed by atoms with Crippen LogP contribution >= 0.6 is 11.3 Å². The average molecular weight is 326 g/mol. The van der Waals surface area contributed by atoms with Crippen molar-refractivity contribution in [3.05, 3.63) is 11.2 Å². The molecule has 114 valence electrons. The Labute approximate surface area is 118 Å². The number of ether oxygens (including phenoxy) is 1. The Morgan fingerprint density at radius 2 is 1.95 bits per heavy atom. The fourth-order valence-electron chi connectivity index (χ4n) is 1.24. The van der Waals surface area contributed by atoms with E-state index in [-0.39, 0.29) is 0 Å². The summed E-state index contributed by atoms with van der Waals surface area (Å²) in [4.78, 5) is 15.0. The number of aliphatic hydroxyl groups excluding tert-OH is 3. The van der Waals surface area contributed by atoms with Crippen molar-refractivity contribution in [2.75, 3.05) is 26.9 Å². The maximum atomic E-state index is 12.1. The van der Waals surface area contributed by atoms with Gasteiger partial charge in [0, 0.05) is 0 Å². The lowest BCUT2D eigenvalue weighted by molar-refractivity contribution is 0.0579. The number of nitrogens with one attached hydrogen (secondary N) is 1. The predicted octanol–water partition coefficient (Wildman–Crippen LogP) is -2.08. The van der Waals surface area contributed by atoms with Gasteiger partial charge >= 0.3 is 5.97 Å². The Morgan fingerprint density at radius 1 is 1.40 bits per heavy atom. The topological polar surface area (TPSA) is 146 Å². The maximum Gasteiger partial charge on any atom is 0.358 e. The zero-order valence-corrected chi connectivity index (χ0v) is 12.1. The first kappa shape index (κ1) is 16.9. The summed E-state index contributed by atoms with van der Waals surface area (Å²) in [6.07, 6.45) is 0. The molecular formula is C9H14N2O7S2. The molecule has 1 heterocycles. The van der Waals surface area contributed by atoms with Crippen molar-refractivity contribution in [1.29, 1.82) is 0 Å². The van der Waals surface area contributed by atoms with Gasteiger partial charge in [-0.1, -0.05) is 0 Å². The first-order valence-electron chi connectivity index (χ1n) is 5.24. The molecule has 0 aromatic carbocycles. The molecule has 0 aliphatic heterocycles. The number of hydrogen-bond acceptors (Lipinski definition) is 9. The quantitative estimate of drug-likeness (QED) is 0.418. The zero-order valence-electron chi connectivity index (χ0n) is 10.4. The normalized spacial score (nSPS) is 12.4. The summed E-state index contributed by atoms with van der Waals surface area (Å²) in [5, 5.41) is 27.3. The van der Waals surface area contributed by atoms with Gasteiger partial charge in [-0.3, -0.25) is 0 Å². The number of methoxy groups -OCH3 is 1. The fraction of sp³-hybridized carbons (Fsp3) is 0.556. The van der Waals surface area contributed by atoms with Crippen LogP contribution in [0.4, 0.5) is 0 Å². The molecule has 0 amide bonds. The second kappa shape index (κ2) is 6.56. The van der Waals surface area contributed by atoms with E-state index in [9.17, 15) is 13.2 Å².